The molecule has 1 fully saturated rings. The lowest BCUT2D eigenvalue weighted by atomic mass is 9.83. The Balaban J connectivity index is 2.72. The molecule has 1 saturated carbocycles. The standard InChI is InChI=1S/C14H30N2O/c1-5-14(10-15,11-17-4)16(3)13-8-6-7-12(2)9-13/h12-13H,5-11,15H2,1-4H3. The second kappa shape index (κ2) is 6.72. The molecule has 0 aromatic rings. The number of ether oxygens (including phenoxy) is 1. The molecule has 0 spiro atoms. The Bertz CT molecular complexity index is 216. The van der Waals surface area contributed by atoms with Gasteiger partial charge in [-0.25, -0.2) is 0 Å². The summed E-state index contributed by atoms with van der Waals surface area (Å²) in [6.07, 6.45) is 6.41. The molecule has 0 saturated heterocycles. The van der Waals surface area contributed by atoms with Gasteiger partial charge in [0.15, 0.2) is 0 Å². The average molecular weight is 242 g/mol. The molecule has 2 N–H and O–H groups in total. The van der Waals surface area contributed by atoms with Crippen LogP contribution >= 0.6 is 0 Å². The van der Waals surface area contributed by atoms with Gasteiger partial charge in [0.05, 0.1) is 12.1 Å². The topological polar surface area (TPSA) is 38.5 Å². The van der Waals surface area contributed by atoms with Crippen molar-refractivity contribution in [2.24, 2.45) is 11.7 Å². The number of methoxy groups -OCH3 is 1. The maximum atomic E-state index is 6.02. The van der Waals surface area contributed by atoms with Crippen molar-refractivity contribution in [3.8, 4) is 0 Å². The zero-order valence-electron chi connectivity index (χ0n) is 12.0. The first-order valence-corrected chi connectivity index (χ1v) is 7.01. The van der Waals surface area contributed by atoms with Crippen molar-refractivity contribution in [3.05, 3.63) is 0 Å². The molecular weight excluding hydrogens is 212 g/mol. The smallest absolute Gasteiger partial charge is 0.0658 e. The molecule has 0 aliphatic heterocycles. The van der Waals surface area contributed by atoms with Gasteiger partial charge in [0.2, 0.25) is 0 Å². The first-order chi connectivity index (χ1) is 8.09. The molecule has 102 valence electrons. The van der Waals surface area contributed by atoms with Crippen LogP contribution < -0.4 is 5.73 Å². The Hall–Kier alpha value is -0.120. The molecule has 3 nitrogen and oxygen atoms in total. The zero-order valence-corrected chi connectivity index (χ0v) is 12.0. The minimum absolute atomic E-state index is 0.0243. The summed E-state index contributed by atoms with van der Waals surface area (Å²) in [5, 5.41) is 0. The van der Waals surface area contributed by atoms with Crippen molar-refractivity contribution in [2.75, 3.05) is 27.3 Å². The van der Waals surface area contributed by atoms with Gasteiger partial charge in [-0.3, -0.25) is 4.90 Å². The van der Waals surface area contributed by atoms with Crippen LogP contribution in [0.15, 0.2) is 0 Å². The number of nitrogens with two attached hydrogens (primary N) is 1. The third kappa shape index (κ3) is 3.43. The third-order valence-electron chi connectivity index (χ3n) is 4.66. The lowest BCUT2D eigenvalue weighted by Gasteiger charge is -2.46. The Labute approximate surface area is 107 Å². The van der Waals surface area contributed by atoms with E-state index >= 15 is 0 Å². The summed E-state index contributed by atoms with van der Waals surface area (Å²) >= 11 is 0. The average Bonchev–Trinajstić information content (AvgIpc) is 2.35. The minimum atomic E-state index is 0.0243. The van der Waals surface area contributed by atoms with E-state index in [1.165, 1.54) is 25.7 Å². The first-order valence-electron chi connectivity index (χ1n) is 7.01. The van der Waals surface area contributed by atoms with E-state index in [-0.39, 0.29) is 5.54 Å². The van der Waals surface area contributed by atoms with Crippen molar-refractivity contribution < 1.29 is 4.74 Å². The number of nitrogens with zero attached hydrogens (tertiary/aromatic N) is 1. The van der Waals surface area contributed by atoms with Crippen LogP contribution in [0.1, 0.15) is 46.0 Å². The number of likely N-dealkylation sites (N-methyl/N-ethyl adjacent to an activating group) is 1. The third-order valence-corrected chi connectivity index (χ3v) is 4.66. The van der Waals surface area contributed by atoms with E-state index in [1.54, 1.807) is 7.11 Å². The van der Waals surface area contributed by atoms with Gasteiger partial charge in [-0.15, -0.1) is 0 Å². The second-order valence-electron chi connectivity index (χ2n) is 5.75. The van der Waals surface area contributed by atoms with E-state index in [0.717, 1.165) is 18.9 Å². The van der Waals surface area contributed by atoms with Gasteiger partial charge in [0.1, 0.15) is 0 Å². The highest BCUT2D eigenvalue weighted by molar-refractivity contribution is 4.93. The first kappa shape index (κ1) is 14.9. The second-order valence-corrected chi connectivity index (χ2v) is 5.75. The highest BCUT2D eigenvalue weighted by atomic mass is 16.5. The molecule has 1 aliphatic carbocycles. The van der Waals surface area contributed by atoms with E-state index in [2.05, 4.69) is 25.8 Å². The maximum Gasteiger partial charge on any atom is 0.0658 e. The molecule has 0 bridgehead atoms. The zero-order chi connectivity index (χ0) is 12.9. The molecular formula is C14H30N2O. The quantitative estimate of drug-likeness (QED) is 0.776. The van der Waals surface area contributed by atoms with Crippen LogP contribution in [0.3, 0.4) is 0 Å². The van der Waals surface area contributed by atoms with Crippen molar-refractivity contribution in [3.63, 3.8) is 0 Å². The molecule has 0 radical (unpaired) electrons. The Morgan fingerprint density at radius 1 is 1.41 bits per heavy atom. The summed E-state index contributed by atoms with van der Waals surface area (Å²) in [6, 6.07) is 0.678. The molecule has 1 aliphatic rings. The highest BCUT2D eigenvalue weighted by Crippen LogP contribution is 2.31. The van der Waals surface area contributed by atoms with Gasteiger partial charge in [-0.2, -0.15) is 0 Å². The van der Waals surface area contributed by atoms with Gasteiger partial charge in [0, 0.05) is 19.7 Å². The minimum Gasteiger partial charge on any atom is -0.383 e. The van der Waals surface area contributed by atoms with Gasteiger partial charge in [0.25, 0.3) is 0 Å². The monoisotopic (exact) mass is 242 g/mol. The summed E-state index contributed by atoms with van der Waals surface area (Å²) in [6.45, 7) is 6.00. The van der Waals surface area contributed by atoms with Crippen LogP contribution in [0.5, 0.6) is 0 Å². The molecule has 0 aromatic carbocycles. The molecule has 0 amide bonds. The van der Waals surface area contributed by atoms with E-state index in [4.69, 9.17) is 10.5 Å². The molecule has 3 heteroatoms. The van der Waals surface area contributed by atoms with Crippen LogP contribution in [0, 0.1) is 5.92 Å². The highest BCUT2D eigenvalue weighted by Gasteiger charge is 2.36. The fourth-order valence-corrected chi connectivity index (χ4v) is 3.21. The summed E-state index contributed by atoms with van der Waals surface area (Å²) in [7, 11) is 4.01. The van der Waals surface area contributed by atoms with E-state index in [9.17, 15) is 0 Å². The van der Waals surface area contributed by atoms with Crippen LogP contribution in [-0.4, -0.2) is 43.8 Å². The Morgan fingerprint density at radius 2 is 2.12 bits per heavy atom. The van der Waals surface area contributed by atoms with Gasteiger partial charge in [-0.05, 0) is 32.2 Å². The molecule has 1 rings (SSSR count). The number of hydrogen-bond donors (Lipinski definition) is 1. The van der Waals surface area contributed by atoms with Crippen molar-refractivity contribution in [2.45, 2.75) is 57.5 Å². The predicted molar refractivity (Wildman–Crippen MR) is 73.1 cm³/mol. The summed E-state index contributed by atoms with van der Waals surface area (Å²) in [5.41, 5.74) is 6.05. The van der Waals surface area contributed by atoms with Crippen molar-refractivity contribution in [1.29, 1.82) is 0 Å². The van der Waals surface area contributed by atoms with Crippen LogP contribution in [-0.2, 0) is 4.74 Å². The molecule has 0 aromatic heterocycles. The molecule has 17 heavy (non-hydrogen) atoms. The van der Waals surface area contributed by atoms with Crippen molar-refractivity contribution >= 4 is 0 Å². The van der Waals surface area contributed by atoms with Gasteiger partial charge in [-0.1, -0.05) is 26.7 Å². The fourth-order valence-electron chi connectivity index (χ4n) is 3.21. The largest absolute Gasteiger partial charge is 0.383 e. The normalized spacial score (nSPS) is 29.3. The van der Waals surface area contributed by atoms with E-state index in [0.29, 0.717) is 12.6 Å². The SMILES string of the molecule is CCC(CN)(COC)N(C)C1CCCC(C)C1. The number of rotatable bonds is 6. The van der Waals surface area contributed by atoms with Crippen LogP contribution in [0.25, 0.3) is 0 Å². The van der Waals surface area contributed by atoms with Gasteiger partial charge >= 0.3 is 0 Å². The Kier molecular flexibility index (Phi) is 5.90. The predicted octanol–water partition coefficient (Wildman–Crippen LogP) is 2.25. The van der Waals surface area contributed by atoms with Crippen LogP contribution in [0.4, 0.5) is 0 Å². The van der Waals surface area contributed by atoms with E-state index in [1.807, 2.05) is 0 Å². The molecule has 0 heterocycles. The summed E-state index contributed by atoms with van der Waals surface area (Å²) < 4.78 is 5.41. The lowest BCUT2D eigenvalue weighted by molar-refractivity contribution is -0.0114. The van der Waals surface area contributed by atoms with Crippen molar-refractivity contribution in [1.82, 2.24) is 4.90 Å². The summed E-state index contributed by atoms with van der Waals surface area (Å²) in [5.74, 6) is 0.853. The Morgan fingerprint density at radius 3 is 2.59 bits per heavy atom. The van der Waals surface area contributed by atoms with Gasteiger partial charge < -0.3 is 10.5 Å². The fraction of sp³-hybridized carbons (Fsp3) is 1.00. The van der Waals surface area contributed by atoms with Crippen LogP contribution in [0.2, 0.25) is 0 Å². The molecule has 3 unspecified atom stereocenters. The lowest BCUT2D eigenvalue weighted by Crippen LogP contribution is -2.59. The number of hydrogen-bond acceptors (Lipinski definition) is 3. The summed E-state index contributed by atoms with van der Waals surface area (Å²) in [4.78, 5) is 2.51. The maximum absolute atomic E-state index is 6.02. The van der Waals surface area contributed by atoms with E-state index < -0.39 is 0 Å². The molecule has 3 atom stereocenters.